The van der Waals surface area contributed by atoms with E-state index in [2.05, 4.69) is 0 Å². The zero-order valence-corrected chi connectivity index (χ0v) is 9.63. The van der Waals surface area contributed by atoms with Crippen LogP contribution in [0.1, 0.15) is 40.0 Å². The summed E-state index contributed by atoms with van der Waals surface area (Å²) in [6, 6.07) is 0. The minimum absolute atomic E-state index is 0.185. The summed E-state index contributed by atoms with van der Waals surface area (Å²) in [4.78, 5) is 11.9. The van der Waals surface area contributed by atoms with Crippen molar-refractivity contribution in [3.8, 4) is 0 Å². The third-order valence-electron chi connectivity index (χ3n) is 3.02. The molecule has 2 N–H and O–H groups in total. The first-order valence-electron chi connectivity index (χ1n) is 5.41. The van der Waals surface area contributed by atoms with Crippen LogP contribution in [0.4, 0.5) is 0 Å². The molecule has 86 valence electrons. The largest absolute Gasteiger partial charge is 0.458 e. The van der Waals surface area contributed by atoms with Crippen molar-refractivity contribution in [3.05, 3.63) is 0 Å². The lowest BCUT2D eigenvalue weighted by molar-refractivity contribution is -0.225. The summed E-state index contributed by atoms with van der Waals surface area (Å²) in [6.07, 6.45) is 2.06. The van der Waals surface area contributed by atoms with Crippen LogP contribution < -0.4 is 5.73 Å². The zero-order chi connectivity index (χ0) is 11.3. The number of hydrogen-bond acceptors (Lipinski definition) is 4. The highest BCUT2D eigenvalue weighted by Crippen LogP contribution is 2.49. The maximum atomic E-state index is 11.9. The third-order valence-corrected chi connectivity index (χ3v) is 3.02. The van der Waals surface area contributed by atoms with Crippen molar-refractivity contribution in [2.45, 2.75) is 56.8 Å². The average Bonchev–Trinajstić information content (AvgIpc) is 1.98. The maximum absolute atomic E-state index is 11.9. The number of fused-ring (bicyclic) bond motifs is 2. The zero-order valence-electron chi connectivity index (χ0n) is 9.63. The number of nitrogens with two attached hydrogens (primary N) is 1. The molecule has 1 saturated carbocycles. The number of rotatable bonds is 1. The van der Waals surface area contributed by atoms with Gasteiger partial charge in [-0.15, -0.1) is 0 Å². The highest BCUT2D eigenvalue weighted by molar-refractivity contribution is 5.82. The molecule has 2 bridgehead atoms. The molecule has 0 atom stereocenters. The van der Waals surface area contributed by atoms with Gasteiger partial charge in [0.05, 0.1) is 0 Å². The second-order valence-electron chi connectivity index (χ2n) is 5.81. The normalized spacial score (nSPS) is 39.5. The summed E-state index contributed by atoms with van der Waals surface area (Å²) in [5.41, 5.74) is 4.66. The molecule has 3 aliphatic rings. The van der Waals surface area contributed by atoms with E-state index in [1.165, 1.54) is 0 Å². The summed E-state index contributed by atoms with van der Waals surface area (Å²) >= 11 is 0. The Morgan fingerprint density at radius 2 is 2.00 bits per heavy atom. The standard InChI is InChI=1S/C11H19NO3/c1-9(2,3)15-8(13)11-6-10(12,7-11)4-5-14-11/h4-7,12H2,1-3H3. The summed E-state index contributed by atoms with van der Waals surface area (Å²) in [6.45, 7) is 6.14. The summed E-state index contributed by atoms with van der Waals surface area (Å²) in [7, 11) is 0. The second-order valence-corrected chi connectivity index (χ2v) is 5.81. The lowest BCUT2D eigenvalue weighted by atomic mass is 9.62. The van der Waals surface area contributed by atoms with Crippen molar-refractivity contribution >= 4 is 5.97 Å². The van der Waals surface area contributed by atoms with E-state index in [4.69, 9.17) is 15.2 Å². The van der Waals surface area contributed by atoms with E-state index in [0.29, 0.717) is 19.4 Å². The quantitative estimate of drug-likeness (QED) is 0.659. The molecule has 1 aliphatic carbocycles. The van der Waals surface area contributed by atoms with Gasteiger partial charge < -0.3 is 15.2 Å². The molecular weight excluding hydrogens is 194 g/mol. The Bertz CT molecular complexity index is 287. The molecular formula is C11H19NO3. The lowest BCUT2D eigenvalue weighted by Crippen LogP contribution is -2.71. The monoisotopic (exact) mass is 213 g/mol. The number of hydrogen-bond donors (Lipinski definition) is 1. The smallest absolute Gasteiger partial charge is 0.339 e. The van der Waals surface area contributed by atoms with Crippen LogP contribution in [-0.4, -0.2) is 29.3 Å². The van der Waals surface area contributed by atoms with Gasteiger partial charge in [0.15, 0.2) is 5.60 Å². The van der Waals surface area contributed by atoms with Crippen molar-refractivity contribution in [1.29, 1.82) is 0 Å². The fourth-order valence-electron chi connectivity index (χ4n) is 2.39. The molecule has 2 saturated heterocycles. The molecule has 4 nitrogen and oxygen atoms in total. The summed E-state index contributed by atoms with van der Waals surface area (Å²) in [5.74, 6) is -0.254. The maximum Gasteiger partial charge on any atom is 0.339 e. The van der Waals surface area contributed by atoms with E-state index in [-0.39, 0.29) is 11.5 Å². The third kappa shape index (κ3) is 1.88. The molecule has 3 fully saturated rings. The molecule has 0 amide bonds. The Balaban J connectivity index is 2.03. The Morgan fingerprint density at radius 1 is 1.40 bits per heavy atom. The van der Waals surface area contributed by atoms with Crippen molar-refractivity contribution in [3.63, 3.8) is 0 Å². The molecule has 2 heterocycles. The molecule has 0 aromatic rings. The van der Waals surface area contributed by atoms with Crippen molar-refractivity contribution < 1.29 is 14.3 Å². The Kier molecular flexibility index (Phi) is 2.14. The first-order chi connectivity index (χ1) is 6.75. The highest BCUT2D eigenvalue weighted by Gasteiger charge is 2.62. The van der Waals surface area contributed by atoms with Crippen LogP contribution in [0.3, 0.4) is 0 Å². The van der Waals surface area contributed by atoms with Gasteiger partial charge in [0, 0.05) is 25.0 Å². The molecule has 2 aliphatic heterocycles. The van der Waals surface area contributed by atoms with Gasteiger partial charge in [-0.3, -0.25) is 0 Å². The molecule has 3 rings (SSSR count). The van der Waals surface area contributed by atoms with Gasteiger partial charge in [0.25, 0.3) is 0 Å². The minimum Gasteiger partial charge on any atom is -0.458 e. The van der Waals surface area contributed by atoms with Crippen LogP contribution in [-0.2, 0) is 14.3 Å². The van der Waals surface area contributed by atoms with Crippen LogP contribution >= 0.6 is 0 Å². The van der Waals surface area contributed by atoms with E-state index in [9.17, 15) is 4.79 Å². The number of esters is 1. The van der Waals surface area contributed by atoms with Gasteiger partial charge in [-0.05, 0) is 27.2 Å². The second kappa shape index (κ2) is 2.95. The number of ether oxygens (including phenoxy) is 2. The van der Waals surface area contributed by atoms with Crippen molar-refractivity contribution in [2.24, 2.45) is 5.73 Å². The highest BCUT2D eigenvalue weighted by atomic mass is 16.6. The van der Waals surface area contributed by atoms with Gasteiger partial charge in [0.1, 0.15) is 5.60 Å². The van der Waals surface area contributed by atoms with Crippen LogP contribution in [0.25, 0.3) is 0 Å². The fourth-order valence-corrected chi connectivity index (χ4v) is 2.39. The van der Waals surface area contributed by atoms with Gasteiger partial charge in [-0.25, -0.2) is 4.79 Å². The minimum atomic E-state index is -0.736. The van der Waals surface area contributed by atoms with Crippen LogP contribution in [0.2, 0.25) is 0 Å². The van der Waals surface area contributed by atoms with Crippen LogP contribution in [0.5, 0.6) is 0 Å². The molecule has 4 heteroatoms. The summed E-state index contributed by atoms with van der Waals surface area (Å²) < 4.78 is 10.9. The van der Waals surface area contributed by atoms with Gasteiger partial charge in [-0.1, -0.05) is 0 Å². The van der Waals surface area contributed by atoms with Gasteiger partial charge >= 0.3 is 5.97 Å². The lowest BCUT2D eigenvalue weighted by Gasteiger charge is -2.56. The van der Waals surface area contributed by atoms with Gasteiger partial charge in [0.2, 0.25) is 0 Å². The number of carbonyl (C=O) groups is 1. The van der Waals surface area contributed by atoms with Crippen LogP contribution in [0, 0.1) is 0 Å². The van der Waals surface area contributed by atoms with Gasteiger partial charge in [-0.2, -0.15) is 0 Å². The van der Waals surface area contributed by atoms with Crippen LogP contribution in [0.15, 0.2) is 0 Å². The van der Waals surface area contributed by atoms with E-state index in [1.807, 2.05) is 20.8 Å². The Hall–Kier alpha value is -0.610. The van der Waals surface area contributed by atoms with Crippen molar-refractivity contribution in [1.82, 2.24) is 0 Å². The van der Waals surface area contributed by atoms with Crippen molar-refractivity contribution in [2.75, 3.05) is 6.61 Å². The van der Waals surface area contributed by atoms with E-state index < -0.39 is 11.2 Å². The molecule has 0 unspecified atom stereocenters. The Morgan fingerprint density at radius 3 is 2.47 bits per heavy atom. The first-order valence-corrected chi connectivity index (χ1v) is 5.41. The molecule has 15 heavy (non-hydrogen) atoms. The predicted octanol–water partition coefficient (Wildman–Crippen LogP) is 0.978. The fraction of sp³-hybridized carbons (Fsp3) is 0.909. The topological polar surface area (TPSA) is 61.5 Å². The van der Waals surface area contributed by atoms with E-state index in [0.717, 1.165) is 6.42 Å². The summed E-state index contributed by atoms with van der Waals surface area (Å²) in [5, 5.41) is 0. The average molecular weight is 213 g/mol. The SMILES string of the molecule is CC(C)(C)OC(=O)C12CC(N)(CCO1)C2. The predicted molar refractivity (Wildman–Crippen MR) is 55.3 cm³/mol. The molecule has 0 aromatic heterocycles. The Labute approximate surface area is 90.1 Å². The van der Waals surface area contributed by atoms with E-state index >= 15 is 0 Å². The molecule has 0 aromatic carbocycles. The molecule has 0 radical (unpaired) electrons. The number of carbonyl (C=O) groups excluding carboxylic acids is 1. The first kappa shape index (κ1) is 10.9. The van der Waals surface area contributed by atoms with E-state index in [1.54, 1.807) is 0 Å². The molecule has 0 spiro atoms.